The van der Waals surface area contributed by atoms with E-state index in [-0.39, 0.29) is 0 Å². The quantitative estimate of drug-likeness (QED) is 0.347. The van der Waals surface area contributed by atoms with Crippen molar-refractivity contribution >= 4 is 30.2 Å². The third-order valence-corrected chi connectivity index (χ3v) is 0.895. The number of halogens is 1. The Morgan fingerprint density at radius 1 is 1.88 bits per heavy atom. The molecule has 1 unspecified atom stereocenters. The minimum atomic E-state index is -1.19. The van der Waals surface area contributed by atoms with Gasteiger partial charge in [-0.15, -0.1) is 12.6 Å². The maximum absolute atomic E-state index is 10.4. The van der Waals surface area contributed by atoms with Crippen LogP contribution in [-0.4, -0.2) is 17.3 Å². The first-order valence-electron chi connectivity index (χ1n) is 1.98. The molecule has 0 radical (unpaired) electrons. The van der Waals surface area contributed by atoms with Gasteiger partial charge in [0.25, 0.3) is 0 Å². The van der Waals surface area contributed by atoms with Gasteiger partial charge in [0.2, 0.25) is 0 Å². The number of hydrogen-bond donors (Lipinski definition) is 1. The van der Waals surface area contributed by atoms with E-state index in [9.17, 15) is 4.79 Å². The summed E-state index contributed by atoms with van der Waals surface area (Å²) in [6, 6.07) is 0. The summed E-state index contributed by atoms with van der Waals surface area (Å²) < 4.78 is 3.08. The number of thiol groups is 1. The van der Waals surface area contributed by atoms with Crippen LogP contribution in [0.5, 0.6) is 0 Å². The molecule has 48 valence electrons. The van der Waals surface area contributed by atoms with Crippen molar-refractivity contribution in [2.24, 2.45) is 0 Å². The maximum atomic E-state index is 10.4. The third kappa shape index (κ3) is 2.43. The van der Waals surface area contributed by atoms with Gasteiger partial charge in [0.05, 0.1) is 7.11 Å². The van der Waals surface area contributed by atoms with Crippen LogP contribution in [0.15, 0.2) is 0 Å². The summed E-state index contributed by atoms with van der Waals surface area (Å²) >= 11 is 9.09. The van der Waals surface area contributed by atoms with E-state index >= 15 is 0 Å². The monoisotopic (exact) mass is 154 g/mol. The van der Waals surface area contributed by atoms with E-state index in [1.54, 1.807) is 0 Å². The Morgan fingerprint density at radius 2 is 2.25 bits per heavy atom. The van der Waals surface area contributed by atoms with E-state index < -0.39 is 10.2 Å². The molecule has 0 heterocycles. The lowest BCUT2D eigenvalue weighted by Gasteiger charge is -2.09. The van der Waals surface area contributed by atoms with E-state index in [0.717, 1.165) is 0 Å². The SMILES string of the molecule is COC(=O)C(C)(S)Cl. The van der Waals surface area contributed by atoms with Gasteiger partial charge in [-0.05, 0) is 6.92 Å². The van der Waals surface area contributed by atoms with Crippen LogP contribution >= 0.6 is 24.2 Å². The van der Waals surface area contributed by atoms with Gasteiger partial charge in [0, 0.05) is 0 Å². The predicted molar refractivity (Wildman–Crippen MR) is 35.3 cm³/mol. The zero-order chi connectivity index (χ0) is 6.78. The van der Waals surface area contributed by atoms with E-state index in [4.69, 9.17) is 11.6 Å². The summed E-state index contributed by atoms with van der Waals surface area (Å²) in [5, 5.41) is 0. The molecule has 0 aromatic carbocycles. The fraction of sp³-hybridized carbons (Fsp3) is 0.750. The first-order valence-corrected chi connectivity index (χ1v) is 2.80. The fourth-order valence-electron chi connectivity index (χ4n) is 0.186. The van der Waals surface area contributed by atoms with E-state index in [1.807, 2.05) is 0 Å². The van der Waals surface area contributed by atoms with Crippen LogP contribution in [0.1, 0.15) is 6.92 Å². The molecule has 0 spiro atoms. The van der Waals surface area contributed by atoms with Crippen molar-refractivity contribution in [1.29, 1.82) is 0 Å². The number of ether oxygens (including phenoxy) is 1. The molecular formula is C4H7ClO2S. The Hall–Kier alpha value is 0.110. The lowest BCUT2D eigenvalue weighted by molar-refractivity contribution is -0.140. The molecule has 0 aliphatic heterocycles. The molecule has 0 aliphatic carbocycles. The van der Waals surface area contributed by atoms with Crippen molar-refractivity contribution in [2.75, 3.05) is 7.11 Å². The second kappa shape index (κ2) is 2.60. The molecule has 0 aromatic rings. The molecule has 0 saturated heterocycles. The van der Waals surface area contributed by atoms with Gasteiger partial charge in [0.15, 0.2) is 4.21 Å². The number of alkyl halides is 1. The van der Waals surface area contributed by atoms with Gasteiger partial charge in [-0.1, -0.05) is 11.6 Å². The molecule has 0 saturated carbocycles. The lowest BCUT2D eigenvalue weighted by Crippen LogP contribution is -2.22. The molecule has 0 N–H and O–H groups in total. The van der Waals surface area contributed by atoms with Crippen LogP contribution in [0.4, 0.5) is 0 Å². The number of rotatable bonds is 1. The van der Waals surface area contributed by atoms with Crippen molar-refractivity contribution in [2.45, 2.75) is 11.1 Å². The highest BCUT2D eigenvalue weighted by Crippen LogP contribution is 2.19. The predicted octanol–water partition coefficient (Wildman–Crippen LogP) is 1.04. The molecule has 2 nitrogen and oxygen atoms in total. The summed E-state index contributed by atoms with van der Waals surface area (Å²) in [7, 11) is 1.26. The van der Waals surface area contributed by atoms with Crippen LogP contribution in [-0.2, 0) is 9.53 Å². The molecule has 0 aromatic heterocycles. The summed E-state index contributed by atoms with van der Waals surface area (Å²) in [5.41, 5.74) is 0. The highest BCUT2D eigenvalue weighted by molar-refractivity contribution is 7.84. The first-order chi connectivity index (χ1) is 3.48. The molecule has 0 amide bonds. The minimum Gasteiger partial charge on any atom is -0.467 e. The van der Waals surface area contributed by atoms with Crippen molar-refractivity contribution in [3.05, 3.63) is 0 Å². The molecule has 0 bridgehead atoms. The molecular weight excluding hydrogens is 148 g/mol. The first kappa shape index (κ1) is 8.11. The van der Waals surface area contributed by atoms with Gasteiger partial charge in [-0.25, -0.2) is 4.79 Å². The van der Waals surface area contributed by atoms with Gasteiger partial charge >= 0.3 is 5.97 Å². The molecule has 1 atom stereocenters. The number of carbonyl (C=O) groups excluding carboxylic acids is 1. The van der Waals surface area contributed by atoms with Gasteiger partial charge in [-0.2, -0.15) is 0 Å². The third-order valence-electron chi connectivity index (χ3n) is 0.558. The summed E-state index contributed by atoms with van der Waals surface area (Å²) in [5.74, 6) is -0.539. The van der Waals surface area contributed by atoms with Gasteiger partial charge in [0.1, 0.15) is 0 Å². The molecule has 0 fully saturated rings. The second-order valence-electron chi connectivity index (χ2n) is 1.44. The van der Waals surface area contributed by atoms with Crippen molar-refractivity contribution in [3.8, 4) is 0 Å². The number of methoxy groups -OCH3 is 1. The van der Waals surface area contributed by atoms with E-state index in [2.05, 4.69) is 17.4 Å². The highest BCUT2D eigenvalue weighted by Gasteiger charge is 2.25. The lowest BCUT2D eigenvalue weighted by atomic mass is 10.5. The minimum absolute atomic E-state index is 0.539. The molecule has 0 aliphatic rings. The average Bonchev–Trinajstić information content (AvgIpc) is 1.62. The molecule has 4 heteroatoms. The summed E-state index contributed by atoms with van der Waals surface area (Å²) in [6.07, 6.45) is 0. The van der Waals surface area contributed by atoms with Gasteiger partial charge in [-0.3, -0.25) is 0 Å². The second-order valence-corrected chi connectivity index (χ2v) is 3.36. The normalized spacial score (nSPS) is 17.0. The maximum Gasteiger partial charge on any atom is 0.336 e. The number of hydrogen-bond acceptors (Lipinski definition) is 3. The zero-order valence-corrected chi connectivity index (χ0v) is 6.29. The van der Waals surface area contributed by atoms with Crippen LogP contribution in [0.2, 0.25) is 0 Å². The topological polar surface area (TPSA) is 26.3 Å². The van der Waals surface area contributed by atoms with Crippen LogP contribution in [0.25, 0.3) is 0 Å². The number of esters is 1. The standard InChI is InChI=1S/C4H7ClO2S/c1-4(5,8)3(6)7-2/h8H,1-2H3. The van der Waals surface area contributed by atoms with Crippen LogP contribution in [0.3, 0.4) is 0 Å². The summed E-state index contributed by atoms with van der Waals surface area (Å²) in [6.45, 7) is 1.45. The Balaban J connectivity index is 3.82. The van der Waals surface area contributed by atoms with Crippen molar-refractivity contribution < 1.29 is 9.53 Å². The highest BCUT2D eigenvalue weighted by atomic mass is 35.5. The Kier molecular flexibility index (Phi) is 2.63. The smallest absolute Gasteiger partial charge is 0.336 e. The van der Waals surface area contributed by atoms with Gasteiger partial charge < -0.3 is 4.74 Å². The van der Waals surface area contributed by atoms with Crippen molar-refractivity contribution in [1.82, 2.24) is 0 Å². The Bertz CT molecular complexity index is 96.7. The van der Waals surface area contributed by atoms with E-state index in [1.165, 1.54) is 14.0 Å². The molecule has 0 rings (SSSR count). The van der Waals surface area contributed by atoms with Crippen LogP contribution < -0.4 is 0 Å². The largest absolute Gasteiger partial charge is 0.467 e. The Morgan fingerprint density at radius 3 is 2.25 bits per heavy atom. The Labute approximate surface area is 58.6 Å². The van der Waals surface area contributed by atoms with E-state index in [0.29, 0.717) is 0 Å². The van der Waals surface area contributed by atoms with Crippen LogP contribution in [0, 0.1) is 0 Å². The zero-order valence-electron chi connectivity index (χ0n) is 4.64. The number of carbonyl (C=O) groups is 1. The fourth-order valence-corrected chi connectivity index (χ4v) is 0.355. The average molecular weight is 155 g/mol. The van der Waals surface area contributed by atoms with Crippen molar-refractivity contribution in [3.63, 3.8) is 0 Å². The molecule has 8 heavy (non-hydrogen) atoms. The summed E-state index contributed by atoms with van der Waals surface area (Å²) in [4.78, 5) is 10.4.